The molecule has 0 radical (unpaired) electrons. The molecule has 1 fully saturated rings. The first kappa shape index (κ1) is 22.4. The Morgan fingerprint density at radius 1 is 0.967 bits per heavy atom. The molecule has 0 aromatic heterocycles. The number of hydrogen-bond donors (Lipinski definition) is 2. The minimum atomic E-state index is -0.348. The predicted molar refractivity (Wildman–Crippen MR) is 119 cm³/mol. The Kier molecular flexibility index (Phi) is 7.23. The molecule has 2 N–H and O–H groups in total. The van der Waals surface area contributed by atoms with Gasteiger partial charge in [-0.2, -0.15) is 0 Å². The summed E-state index contributed by atoms with van der Waals surface area (Å²) in [6.07, 6.45) is 1.39. The number of rotatable bonds is 4. The number of nitrogens with one attached hydrogen (secondary N) is 2. The van der Waals surface area contributed by atoms with Gasteiger partial charge in [-0.1, -0.05) is 34.8 Å². The molecule has 0 bridgehead atoms. The molecule has 9 heteroatoms. The summed E-state index contributed by atoms with van der Waals surface area (Å²) in [5, 5.41) is 6.47. The lowest BCUT2D eigenvalue weighted by atomic mass is 9.96. The topological polar surface area (TPSA) is 78.5 Å². The van der Waals surface area contributed by atoms with Crippen molar-refractivity contribution in [2.45, 2.75) is 19.8 Å². The van der Waals surface area contributed by atoms with Gasteiger partial charge in [-0.25, -0.2) is 0 Å². The first-order valence-electron chi connectivity index (χ1n) is 9.37. The normalized spacial score (nSPS) is 16.1. The van der Waals surface area contributed by atoms with E-state index in [4.69, 9.17) is 34.8 Å². The van der Waals surface area contributed by atoms with Crippen LogP contribution in [0.4, 0.5) is 11.4 Å². The third-order valence-electron chi connectivity index (χ3n) is 4.79. The molecule has 30 heavy (non-hydrogen) atoms. The Morgan fingerprint density at radius 2 is 1.73 bits per heavy atom. The van der Waals surface area contributed by atoms with Gasteiger partial charge in [0.2, 0.25) is 11.8 Å². The molecule has 1 heterocycles. The number of halogens is 3. The lowest BCUT2D eigenvalue weighted by Gasteiger charge is -2.32. The van der Waals surface area contributed by atoms with Crippen molar-refractivity contribution in [3.63, 3.8) is 0 Å². The Bertz CT molecular complexity index is 997. The molecule has 2 aromatic carbocycles. The van der Waals surface area contributed by atoms with Gasteiger partial charge in [-0.3, -0.25) is 14.4 Å². The zero-order valence-corrected chi connectivity index (χ0v) is 18.4. The van der Waals surface area contributed by atoms with Crippen molar-refractivity contribution < 1.29 is 14.4 Å². The maximum Gasteiger partial charge on any atom is 0.253 e. The number of nitrogens with zero attached hydrogens (tertiary/aromatic N) is 1. The number of amides is 3. The first-order chi connectivity index (χ1) is 14.2. The lowest BCUT2D eigenvalue weighted by Crippen LogP contribution is -2.43. The van der Waals surface area contributed by atoms with Crippen molar-refractivity contribution in [1.82, 2.24) is 4.90 Å². The van der Waals surface area contributed by atoms with Crippen molar-refractivity contribution in [3.05, 3.63) is 57.0 Å². The quantitative estimate of drug-likeness (QED) is 0.655. The molecule has 2 aromatic rings. The molecule has 0 spiro atoms. The second-order valence-corrected chi connectivity index (χ2v) is 8.31. The van der Waals surface area contributed by atoms with Crippen LogP contribution in [0.25, 0.3) is 0 Å². The molecule has 0 aliphatic carbocycles. The van der Waals surface area contributed by atoms with Crippen molar-refractivity contribution >= 4 is 63.9 Å². The molecule has 1 saturated heterocycles. The number of likely N-dealkylation sites (tertiary alicyclic amines) is 1. The SMILES string of the molecule is CC(=O)Nc1ccc(NC(=O)C2CCCN(C(=O)c3ccc(Cl)c(Cl)c3)C2)cc1Cl. The van der Waals surface area contributed by atoms with Crippen LogP contribution in [0.3, 0.4) is 0 Å². The number of piperidine rings is 1. The van der Waals surface area contributed by atoms with Gasteiger partial charge >= 0.3 is 0 Å². The third kappa shape index (κ3) is 5.45. The summed E-state index contributed by atoms with van der Waals surface area (Å²) in [7, 11) is 0. The van der Waals surface area contributed by atoms with Crippen LogP contribution in [0.15, 0.2) is 36.4 Å². The van der Waals surface area contributed by atoms with Gasteiger partial charge in [0.05, 0.1) is 26.7 Å². The predicted octanol–water partition coefficient (Wildman–Crippen LogP) is 5.10. The smallest absolute Gasteiger partial charge is 0.253 e. The zero-order valence-electron chi connectivity index (χ0n) is 16.2. The highest BCUT2D eigenvalue weighted by Crippen LogP contribution is 2.28. The molecule has 6 nitrogen and oxygen atoms in total. The van der Waals surface area contributed by atoms with Gasteiger partial charge in [0, 0.05) is 31.3 Å². The van der Waals surface area contributed by atoms with Crippen molar-refractivity contribution in [1.29, 1.82) is 0 Å². The van der Waals surface area contributed by atoms with Crippen LogP contribution >= 0.6 is 34.8 Å². The van der Waals surface area contributed by atoms with Crippen LogP contribution in [-0.2, 0) is 9.59 Å². The summed E-state index contributed by atoms with van der Waals surface area (Å²) in [5.41, 5.74) is 1.43. The number of hydrogen-bond acceptors (Lipinski definition) is 3. The Hall–Kier alpha value is -2.28. The number of carbonyl (C=O) groups is 3. The Balaban J connectivity index is 1.65. The molecular weight excluding hydrogens is 449 g/mol. The largest absolute Gasteiger partial charge is 0.338 e. The lowest BCUT2D eigenvalue weighted by molar-refractivity contribution is -0.121. The highest BCUT2D eigenvalue weighted by Gasteiger charge is 2.29. The number of benzene rings is 2. The highest BCUT2D eigenvalue weighted by molar-refractivity contribution is 6.42. The van der Waals surface area contributed by atoms with E-state index in [1.807, 2.05) is 0 Å². The molecule has 3 amide bonds. The summed E-state index contributed by atoms with van der Waals surface area (Å²) in [6, 6.07) is 9.61. The fraction of sp³-hybridized carbons (Fsp3) is 0.286. The second-order valence-electron chi connectivity index (χ2n) is 7.08. The molecular formula is C21H20Cl3N3O3. The van der Waals surface area contributed by atoms with Crippen molar-refractivity contribution in [3.8, 4) is 0 Å². The molecule has 1 aliphatic heterocycles. The zero-order chi connectivity index (χ0) is 21.8. The van der Waals surface area contributed by atoms with E-state index < -0.39 is 0 Å². The Morgan fingerprint density at radius 3 is 2.40 bits per heavy atom. The molecule has 3 rings (SSSR count). The van der Waals surface area contributed by atoms with E-state index in [1.165, 1.54) is 13.0 Å². The van der Waals surface area contributed by atoms with Crippen molar-refractivity contribution in [2.24, 2.45) is 5.92 Å². The second kappa shape index (κ2) is 9.69. The summed E-state index contributed by atoms with van der Waals surface area (Å²) >= 11 is 18.1. The fourth-order valence-electron chi connectivity index (χ4n) is 3.32. The monoisotopic (exact) mass is 467 g/mol. The highest BCUT2D eigenvalue weighted by atomic mass is 35.5. The van der Waals surface area contributed by atoms with E-state index >= 15 is 0 Å². The van der Waals surface area contributed by atoms with E-state index in [0.717, 1.165) is 0 Å². The average Bonchev–Trinajstić information content (AvgIpc) is 2.71. The van der Waals surface area contributed by atoms with Gasteiger partial charge in [0.25, 0.3) is 5.91 Å². The maximum absolute atomic E-state index is 12.8. The van der Waals surface area contributed by atoms with E-state index in [9.17, 15) is 14.4 Å². The van der Waals surface area contributed by atoms with Gasteiger partial charge in [0.1, 0.15) is 0 Å². The minimum Gasteiger partial charge on any atom is -0.338 e. The minimum absolute atomic E-state index is 0.186. The summed E-state index contributed by atoms with van der Waals surface area (Å²) in [5.74, 6) is -0.958. The average molecular weight is 469 g/mol. The van der Waals surface area contributed by atoms with E-state index in [0.29, 0.717) is 57.9 Å². The third-order valence-corrected chi connectivity index (χ3v) is 5.85. The van der Waals surface area contributed by atoms with Gasteiger partial charge < -0.3 is 15.5 Å². The van der Waals surface area contributed by atoms with Crippen LogP contribution in [0.1, 0.15) is 30.1 Å². The fourth-order valence-corrected chi connectivity index (χ4v) is 3.84. The van der Waals surface area contributed by atoms with Gasteiger partial charge in [-0.05, 0) is 49.2 Å². The summed E-state index contributed by atoms with van der Waals surface area (Å²) in [4.78, 5) is 38.4. The van der Waals surface area contributed by atoms with Crippen LogP contribution in [0, 0.1) is 5.92 Å². The van der Waals surface area contributed by atoms with Crippen LogP contribution in [0.2, 0.25) is 15.1 Å². The molecule has 158 valence electrons. The maximum atomic E-state index is 12.8. The van der Waals surface area contributed by atoms with Gasteiger partial charge in [0.15, 0.2) is 0 Å². The molecule has 1 unspecified atom stereocenters. The van der Waals surface area contributed by atoms with Crippen LogP contribution < -0.4 is 10.6 Å². The van der Waals surface area contributed by atoms with Crippen molar-refractivity contribution in [2.75, 3.05) is 23.7 Å². The van der Waals surface area contributed by atoms with E-state index in [2.05, 4.69) is 10.6 Å². The standard InChI is InChI=1S/C21H20Cl3N3O3/c1-12(28)25-19-7-5-15(10-18(19)24)26-20(29)14-3-2-8-27(11-14)21(30)13-4-6-16(22)17(23)9-13/h4-7,9-10,14H,2-3,8,11H2,1H3,(H,25,28)(H,26,29). The Labute approximate surface area is 189 Å². The van der Waals surface area contributed by atoms with Gasteiger partial charge in [-0.15, -0.1) is 0 Å². The van der Waals surface area contributed by atoms with Crippen LogP contribution in [-0.4, -0.2) is 35.7 Å². The summed E-state index contributed by atoms with van der Waals surface area (Å²) in [6.45, 7) is 2.27. The molecule has 1 aliphatic rings. The first-order valence-corrected chi connectivity index (χ1v) is 10.5. The van der Waals surface area contributed by atoms with E-state index in [1.54, 1.807) is 35.2 Å². The van der Waals surface area contributed by atoms with Crippen LogP contribution in [0.5, 0.6) is 0 Å². The number of anilines is 2. The number of carbonyl (C=O) groups excluding carboxylic acids is 3. The molecule has 0 saturated carbocycles. The van der Waals surface area contributed by atoms with E-state index in [-0.39, 0.29) is 23.6 Å². The molecule has 1 atom stereocenters. The summed E-state index contributed by atoms with van der Waals surface area (Å²) < 4.78 is 0.